The molecule has 132 valence electrons. The van der Waals surface area contributed by atoms with Crippen molar-refractivity contribution < 1.29 is 29.6 Å². The minimum absolute atomic E-state index is 0. The fraction of sp³-hybridized carbons (Fsp3) is 0.125. The van der Waals surface area contributed by atoms with E-state index in [1.54, 1.807) is 24.3 Å². The number of esters is 1. The van der Waals surface area contributed by atoms with Crippen LogP contribution < -0.4 is 11.9 Å². The Balaban J connectivity index is 0. The summed E-state index contributed by atoms with van der Waals surface area (Å²) in [5.74, 6) is -0.860. The molecule has 0 heterocycles. The summed E-state index contributed by atoms with van der Waals surface area (Å²) < 4.78 is 4.44. The van der Waals surface area contributed by atoms with E-state index >= 15 is 0 Å². The summed E-state index contributed by atoms with van der Waals surface area (Å²) in [4.78, 5) is 21.3. The van der Waals surface area contributed by atoms with Gasteiger partial charge in [0.1, 0.15) is 11.5 Å². The molecule has 0 saturated carbocycles. The number of carbonyl (C=O) groups is 2. The maximum atomic E-state index is 10.8. The molecule has 0 aliphatic rings. The fourth-order valence-corrected chi connectivity index (χ4v) is 1.41. The number of ether oxygens (including phenoxy) is 1. The molecule has 0 unspecified atom stereocenters. The lowest BCUT2D eigenvalue weighted by atomic mass is 10.2. The summed E-state index contributed by atoms with van der Waals surface area (Å²) in [5, 5.41) is 24.8. The number of carbonyl (C=O) groups excluding carboxylic acids is 2. The summed E-state index contributed by atoms with van der Waals surface area (Å²) in [5.41, 5.74) is 5.61. The molecule has 8 nitrogen and oxygen atoms in total. The number of benzene rings is 2. The van der Waals surface area contributed by atoms with E-state index in [0.29, 0.717) is 11.1 Å². The van der Waals surface area contributed by atoms with Gasteiger partial charge in [-0.2, -0.15) is 0 Å². The molecule has 0 aromatic heterocycles. The van der Waals surface area contributed by atoms with Gasteiger partial charge >= 0.3 is 5.97 Å². The topological polar surface area (TPSA) is 165 Å². The highest BCUT2D eigenvalue weighted by atomic mass is 16.5. The van der Waals surface area contributed by atoms with Crippen LogP contribution in [-0.4, -0.2) is 41.4 Å². The van der Waals surface area contributed by atoms with Crippen molar-refractivity contribution in [2.75, 3.05) is 14.2 Å². The van der Waals surface area contributed by atoms with Crippen LogP contribution >= 0.6 is 0 Å². The summed E-state index contributed by atoms with van der Waals surface area (Å²) >= 11 is 0. The molecule has 8 heteroatoms. The molecule has 2 aromatic rings. The van der Waals surface area contributed by atoms with E-state index in [-0.39, 0.29) is 17.6 Å². The fourth-order valence-electron chi connectivity index (χ4n) is 1.41. The molecule has 0 saturated heterocycles. The van der Waals surface area contributed by atoms with E-state index < -0.39 is 11.9 Å². The van der Waals surface area contributed by atoms with Gasteiger partial charge in [-0.05, 0) is 36.4 Å². The van der Waals surface area contributed by atoms with Crippen LogP contribution in [0.2, 0.25) is 0 Å². The van der Waals surface area contributed by atoms with Crippen molar-refractivity contribution in [2.45, 2.75) is 0 Å². The standard InChI is InChI=1S/C8H8O3.C7H7NO2.CH4O.H3N/c1-11-8(10)6-3-2-4-7(9)5-6;8-7(10)5-2-1-3-6(9)4-5;1-2;/h2-5,9H,1H3;1-4,9H,(H2,8,10);2H,1H3;1H3. The number of rotatable bonds is 2. The van der Waals surface area contributed by atoms with Crippen LogP contribution in [0.15, 0.2) is 48.5 Å². The third-order valence-corrected chi connectivity index (χ3v) is 2.40. The third-order valence-electron chi connectivity index (χ3n) is 2.40. The lowest BCUT2D eigenvalue weighted by molar-refractivity contribution is 0.0600. The first-order valence-corrected chi connectivity index (χ1v) is 6.35. The molecule has 0 bridgehead atoms. The van der Waals surface area contributed by atoms with Gasteiger partial charge in [-0.3, -0.25) is 4.79 Å². The van der Waals surface area contributed by atoms with E-state index in [9.17, 15) is 9.59 Å². The molecule has 2 aromatic carbocycles. The molecule has 0 atom stereocenters. The molecule has 0 aliphatic carbocycles. The lowest BCUT2D eigenvalue weighted by Crippen LogP contribution is -2.10. The van der Waals surface area contributed by atoms with Crippen LogP contribution in [0, 0.1) is 0 Å². The zero-order chi connectivity index (χ0) is 17.8. The molecule has 24 heavy (non-hydrogen) atoms. The first-order valence-electron chi connectivity index (χ1n) is 6.35. The number of amides is 1. The molecule has 0 aliphatic heterocycles. The van der Waals surface area contributed by atoms with Crippen molar-refractivity contribution in [1.82, 2.24) is 6.15 Å². The van der Waals surface area contributed by atoms with E-state index in [1.807, 2.05) is 0 Å². The van der Waals surface area contributed by atoms with Gasteiger partial charge in [0.2, 0.25) is 5.91 Å². The average molecular weight is 338 g/mol. The van der Waals surface area contributed by atoms with Crippen molar-refractivity contribution in [2.24, 2.45) is 5.73 Å². The molecule has 8 N–H and O–H groups in total. The highest BCUT2D eigenvalue weighted by Gasteiger charge is 2.03. The number of aliphatic hydroxyl groups is 1. The number of methoxy groups -OCH3 is 1. The Morgan fingerprint density at radius 3 is 1.67 bits per heavy atom. The van der Waals surface area contributed by atoms with Crippen molar-refractivity contribution >= 4 is 11.9 Å². The Labute approximate surface area is 139 Å². The number of nitrogens with two attached hydrogens (primary N) is 1. The van der Waals surface area contributed by atoms with E-state index in [2.05, 4.69) is 4.74 Å². The second-order valence-corrected chi connectivity index (χ2v) is 3.96. The van der Waals surface area contributed by atoms with Crippen molar-refractivity contribution in [3.8, 4) is 11.5 Å². The molecule has 0 spiro atoms. The smallest absolute Gasteiger partial charge is 0.337 e. The van der Waals surface area contributed by atoms with Gasteiger partial charge in [-0.1, -0.05) is 12.1 Å². The van der Waals surface area contributed by atoms with E-state index in [0.717, 1.165) is 7.11 Å². The maximum Gasteiger partial charge on any atom is 0.337 e. The number of aliphatic hydroxyl groups excluding tert-OH is 1. The van der Waals surface area contributed by atoms with Gasteiger partial charge in [0, 0.05) is 12.7 Å². The van der Waals surface area contributed by atoms with Gasteiger partial charge in [0.05, 0.1) is 12.7 Å². The largest absolute Gasteiger partial charge is 0.508 e. The van der Waals surface area contributed by atoms with Crippen LogP contribution in [0.1, 0.15) is 20.7 Å². The Hall–Kier alpha value is -3.10. The monoisotopic (exact) mass is 338 g/mol. The third kappa shape index (κ3) is 8.37. The molecule has 2 rings (SSSR count). The normalized spacial score (nSPS) is 8.29. The minimum atomic E-state index is -0.532. The van der Waals surface area contributed by atoms with Crippen molar-refractivity contribution in [3.63, 3.8) is 0 Å². The zero-order valence-corrected chi connectivity index (χ0v) is 13.5. The molecular formula is C16H22N2O6. The predicted molar refractivity (Wildman–Crippen MR) is 89.2 cm³/mol. The molecule has 0 fully saturated rings. The summed E-state index contributed by atoms with van der Waals surface area (Å²) in [6.07, 6.45) is 0. The number of primary amides is 1. The molecular weight excluding hydrogens is 316 g/mol. The van der Waals surface area contributed by atoms with Crippen molar-refractivity contribution in [3.05, 3.63) is 59.7 Å². The number of hydrogen-bond acceptors (Lipinski definition) is 7. The van der Waals surface area contributed by atoms with E-state index in [1.165, 1.54) is 31.4 Å². The quantitative estimate of drug-likeness (QED) is 0.517. The molecule has 1 amide bonds. The Morgan fingerprint density at radius 2 is 1.33 bits per heavy atom. The first kappa shape index (κ1) is 23.2. The molecule has 0 radical (unpaired) electrons. The van der Waals surface area contributed by atoms with Crippen LogP contribution in [0.5, 0.6) is 11.5 Å². The number of phenolic OH excluding ortho intramolecular Hbond substituents is 2. The zero-order valence-electron chi connectivity index (χ0n) is 13.5. The summed E-state index contributed by atoms with van der Waals surface area (Å²) in [6, 6.07) is 11.9. The maximum absolute atomic E-state index is 10.8. The Morgan fingerprint density at radius 1 is 0.917 bits per heavy atom. The summed E-state index contributed by atoms with van der Waals surface area (Å²) in [7, 11) is 2.30. The Bertz CT molecular complexity index is 646. The lowest BCUT2D eigenvalue weighted by Gasteiger charge is -1.97. The van der Waals surface area contributed by atoms with Gasteiger partial charge in [0.15, 0.2) is 0 Å². The van der Waals surface area contributed by atoms with E-state index in [4.69, 9.17) is 21.1 Å². The van der Waals surface area contributed by atoms with Crippen LogP contribution in [0.3, 0.4) is 0 Å². The summed E-state index contributed by atoms with van der Waals surface area (Å²) in [6.45, 7) is 0. The second-order valence-electron chi connectivity index (χ2n) is 3.96. The van der Waals surface area contributed by atoms with Gasteiger partial charge in [0.25, 0.3) is 0 Å². The van der Waals surface area contributed by atoms with Gasteiger partial charge in [-0.15, -0.1) is 0 Å². The van der Waals surface area contributed by atoms with Gasteiger partial charge in [-0.25, -0.2) is 4.79 Å². The Kier molecular flexibility index (Phi) is 12.0. The predicted octanol–water partition coefficient (Wildman–Crippen LogP) is 1.44. The van der Waals surface area contributed by atoms with Crippen LogP contribution in [0.25, 0.3) is 0 Å². The van der Waals surface area contributed by atoms with Crippen LogP contribution in [-0.2, 0) is 4.74 Å². The highest BCUT2D eigenvalue weighted by Crippen LogP contribution is 2.11. The average Bonchev–Trinajstić information content (AvgIpc) is 2.56. The van der Waals surface area contributed by atoms with Crippen molar-refractivity contribution in [1.29, 1.82) is 0 Å². The highest BCUT2D eigenvalue weighted by molar-refractivity contribution is 5.93. The number of hydrogen-bond donors (Lipinski definition) is 5. The van der Waals surface area contributed by atoms with Crippen LogP contribution in [0.4, 0.5) is 0 Å². The second kappa shape index (κ2) is 12.4. The SMILES string of the molecule is CO.COC(=O)c1cccc(O)c1.N.NC(=O)c1cccc(O)c1. The minimum Gasteiger partial charge on any atom is -0.508 e. The van der Waals surface area contributed by atoms with Gasteiger partial charge < -0.3 is 31.9 Å². The number of phenols is 2. The first-order chi connectivity index (χ1) is 10.9. The number of aromatic hydroxyl groups is 2.